The molecule has 2 unspecified atom stereocenters. The third-order valence-electron chi connectivity index (χ3n) is 16.7. The van der Waals surface area contributed by atoms with E-state index in [1.165, 1.54) is 180 Å². The van der Waals surface area contributed by atoms with Crippen LogP contribution in [0.25, 0.3) is 0 Å². The molecule has 17 nitrogen and oxygen atoms in total. The number of ether oxygens (including phenoxy) is 4. The first-order valence-electron chi connectivity index (χ1n) is 37.5. The summed E-state index contributed by atoms with van der Waals surface area (Å²) < 4.78 is 68.3. The van der Waals surface area contributed by atoms with E-state index >= 15 is 0 Å². The molecule has 0 radical (unpaired) electrons. The maximum absolute atomic E-state index is 13.0. The summed E-state index contributed by atoms with van der Waals surface area (Å²) in [5, 5.41) is 10.6. The third-order valence-corrected chi connectivity index (χ3v) is 18.6. The Hall–Kier alpha value is -1.94. The second-order valence-corrected chi connectivity index (χ2v) is 29.8. The molecule has 0 saturated heterocycles. The van der Waals surface area contributed by atoms with Crippen molar-refractivity contribution in [3.8, 4) is 0 Å². The molecule has 0 amide bonds. The van der Waals surface area contributed by atoms with Gasteiger partial charge in [-0.05, 0) is 37.5 Å². The number of aliphatic hydroxyl groups excluding tert-OH is 1. The number of esters is 4. The first kappa shape index (κ1) is 89.1. The van der Waals surface area contributed by atoms with E-state index in [4.69, 9.17) is 37.0 Å². The fourth-order valence-corrected chi connectivity index (χ4v) is 12.5. The molecule has 0 aliphatic carbocycles. The first-order valence-corrected chi connectivity index (χ1v) is 40.5. The smallest absolute Gasteiger partial charge is 0.462 e. The van der Waals surface area contributed by atoms with E-state index in [1.807, 2.05) is 0 Å². The summed E-state index contributed by atoms with van der Waals surface area (Å²) in [5.41, 5.74) is 0. The molecule has 0 aromatic carbocycles. The van der Waals surface area contributed by atoms with E-state index in [9.17, 15) is 43.2 Å². The normalized spacial score (nSPS) is 14.1. The molecule has 0 aromatic rings. The van der Waals surface area contributed by atoms with Crippen molar-refractivity contribution in [1.82, 2.24) is 0 Å². The second-order valence-electron chi connectivity index (χ2n) is 26.9. The third kappa shape index (κ3) is 66.5. The number of aliphatic hydroxyl groups is 1. The van der Waals surface area contributed by atoms with Crippen LogP contribution in [0.1, 0.15) is 369 Å². The SMILES string of the molecule is CCCCCCCCCCCCCCCCCCCCC(=O)O[C@H](COC(=O)CCCCCCCCCCCCCC(C)C)COP(=O)(O)OC[C@@H](O)COP(=O)(O)OC[C@@H](COC(=O)CCCCCCCCCC)OC(=O)CCCCCCCCCCC(C)C. The first-order chi connectivity index (χ1) is 43.9. The fraction of sp³-hybridized carbons (Fsp3) is 0.944. The lowest BCUT2D eigenvalue weighted by Gasteiger charge is -2.21. The highest BCUT2D eigenvalue weighted by molar-refractivity contribution is 7.47. The topological polar surface area (TPSA) is 237 Å². The highest BCUT2D eigenvalue weighted by Crippen LogP contribution is 2.45. The van der Waals surface area contributed by atoms with Crippen molar-refractivity contribution >= 4 is 39.5 Å². The fourth-order valence-electron chi connectivity index (χ4n) is 10.9. The Balaban J connectivity index is 5.21. The van der Waals surface area contributed by atoms with Gasteiger partial charge in [0.25, 0.3) is 0 Å². The number of hydrogen-bond acceptors (Lipinski definition) is 15. The number of hydrogen-bond donors (Lipinski definition) is 3. The summed E-state index contributed by atoms with van der Waals surface area (Å²) in [7, 11) is -9.90. The predicted octanol–water partition coefficient (Wildman–Crippen LogP) is 20.8. The lowest BCUT2D eigenvalue weighted by molar-refractivity contribution is -0.161. The highest BCUT2D eigenvalue weighted by atomic mass is 31.2. The maximum atomic E-state index is 13.0. The van der Waals surface area contributed by atoms with Gasteiger partial charge in [-0.2, -0.15) is 0 Å². The van der Waals surface area contributed by atoms with E-state index in [0.29, 0.717) is 25.7 Å². The summed E-state index contributed by atoms with van der Waals surface area (Å²) in [6, 6.07) is 0. The minimum Gasteiger partial charge on any atom is -0.462 e. The number of carbonyl (C=O) groups excluding carboxylic acids is 4. The zero-order chi connectivity index (χ0) is 67.2. The van der Waals surface area contributed by atoms with E-state index in [1.54, 1.807) is 0 Å². The average Bonchev–Trinajstić information content (AvgIpc) is 3.70. The Labute approximate surface area is 556 Å². The van der Waals surface area contributed by atoms with E-state index in [-0.39, 0.29) is 25.7 Å². The van der Waals surface area contributed by atoms with Crippen molar-refractivity contribution in [2.75, 3.05) is 39.6 Å². The van der Waals surface area contributed by atoms with Crippen LogP contribution in [0.2, 0.25) is 0 Å². The Morgan fingerprint density at radius 2 is 0.505 bits per heavy atom. The maximum Gasteiger partial charge on any atom is 0.472 e. The molecule has 0 spiro atoms. The number of unbranched alkanes of at least 4 members (excludes halogenated alkanes) is 41. The quantitative estimate of drug-likeness (QED) is 0.0222. The Morgan fingerprint density at radius 1 is 0.297 bits per heavy atom. The molecule has 0 saturated carbocycles. The summed E-state index contributed by atoms with van der Waals surface area (Å²) >= 11 is 0. The summed E-state index contributed by atoms with van der Waals surface area (Å²) in [5.74, 6) is -0.635. The van der Waals surface area contributed by atoms with E-state index in [0.717, 1.165) is 108 Å². The van der Waals surface area contributed by atoms with Gasteiger partial charge in [0, 0.05) is 25.7 Å². The molecule has 91 heavy (non-hydrogen) atoms. The zero-order valence-electron chi connectivity index (χ0n) is 59.1. The lowest BCUT2D eigenvalue weighted by atomic mass is 10.0. The van der Waals surface area contributed by atoms with Crippen LogP contribution in [0.15, 0.2) is 0 Å². The molecule has 0 fully saturated rings. The van der Waals surface area contributed by atoms with Gasteiger partial charge in [0.2, 0.25) is 0 Å². The van der Waals surface area contributed by atoms with Crippen LogP contribution in [-0.4, -0.2) is 96.7 Å². The molecule has 0 rings (SSSR count). The van der Waals surface area contributed by atoms with Crippen LogP contribution in [0.4, 0.5) is 0 Å². The molecule has 0 aromatic heterocycles. The van der Waals surface area contributed by atoms with Gasteiger partial charge in [-0.25, -0.2) is 9.13 Å². The molecular formula is C72H140O17P2. The van der Waals surface area contributed by atoms with Crippen molar-refractivity contribution in [2.24, 2.45) is 11.8 Å². The summed E-state index contributed by atoms with van der Waals surface area (Å²) in [4.78, 5) is 72.5. The number of carbonyl (C=O) groups is 4. The van der Waals surface area contributed by atoms with Crippen LogP contribution in [-0.2, 0) is 65.4 Å². The molecule has 0 bridgehead atoms. The van der Waals surface area contributed by atoms with Crippen molar-refractivity contribution in [1.29, 1.82) is 0 Å². The van der Waals surface area contributed by atoms with Crippen molar-refractivity contribution in [3.63, 3.8) is 0 Å². The Kier molecular flexibility index (Phi) is 62.7. The molecular weight excluding hydrogens is 1200 g/mol. The van der Waals surface area contributed by atoms with E-state index in [2.05, 4.69) is 41.5 Å². The van der Waals surface area contributed by atoms with Gasteiger partial charge in [0.05, 0.1) is 26.4 Å². The molecule has 0 aliphatic rings. The minimum absolute atomic E-state index is 0.104. The molecule has 5 atom stereocenters. The minimum atomic E-state index is -4.95. The zero-order valence-corrected chi connectivity index (χ0v) is 60.9. The Bertz CT molecular complexity index is 1770. The monoisotopic (exact) mass is 1340 g/mol. The Morgan fingerprint density at radius 3 is 0.747 bits per heavy atom. The predicted molar refractivity (Wildman–Crippen MR) is 368 cm³/mol. The standard InChI is InChI=1S/C72H140O17P2/c1-7-9-11-13-15-17-18-19-20-21-22-23-24-27-31-38-44-50-56-71(76)88-68(61-83-70(75)55-49-43-37-30-28-25-26-29-34-40-46-52-64(3)4)63-87-91(80,81)85-59-66(73)58-84-90(78,79)86-62-67(60-82-69(74)54-48-42-36-16-14-12-10-8-2)89-72(77)57-51-45-39-33-32-35-41-47-53-65(5)6/h64-68,73H,7-63H2,1-6H3,(H,78,79)(H,80,81)/t66-,67+,68+/m0/s1. The van der Waals surface area contributed by atoms with Crippen molar-refractivity contribution in [2.45, 2.75) is 387 Å². The van der Waals surface area contributed by atoms with Gasteiger partial charge in [-0.3, -0.25) is 37.3 Å². The van der Waals surface area contributed by atoms with Crippen LogP contribution < -0.4 is 0 Å². The number of phosphoric ester groups is 2. The molecule has 0 aliphatic heterocycles. The van der Waals surface area contributed by atoms with Gasteiger partial charge >= 0.3 is 39.5 Å². The van der Waals surface area contributed by atoms with Gasteiger partial charge in [0.1, 0.15) is 19.3 Å². The van der Waals surface area contributed by atoms with Crippen LogP contribution >= 0.6 is 15.6 Å². The van der Waals surface area contributed by atoms with Crippen LogP contribution in [0.3, 0.4) is 0 Å². The highest BCUT2D eigenvalue weighted by Gasteiger charge is 2.30. The number of rotatable bonds is 71. The van der Waals surface area contributed by atoms with Gasteiger partial charge in [0.15, 0.2) is 12.2 Å². The lowest BCUT2D eigenvalue weighted by Crippen LogP contribution is -2.30. The van der Waals surface area contributed by atoms with Crippen LogP contribution in [0, 0.1) is 11.8 Å². The second kappa shape index (κ2) is 64.1. The van der Waals surface area contributed by atoms with Gasteiger partial charge < -0.3 is 33.8 Å². The molecule has 0 heterocycles. The summed E-state index contributed by atoms with van der Waals surface area (Å²) in [6.45, 7) is 9.50. The average molecular weight is 1340 g/mol. The summed E-state index contributed by atoms with van der Waals surface area (Å²) in [6.07, 6.45) is 50.1. The molecule has 3 N–H and O–H groups in total. The van der Waals surface area contributed by atoms with Crippen molar-refractivity contribution < 1.29 is 80.2 Å². The van der Waals surface area contributed by atoms with Gasteiger partial charge in [-0.15, -0.1) is 0 Å². The largest absolute Gasteiger partial charge is 0.472 e. The van der Waals surface area contributed by atoms with E-state index < -0.39 is 97.5 Å². The van der Waals surface area contributed by atoms with Crippen LogP contribution in [0.5, 0.6) is 0 Å². The van der Waals surface area contributed by atoms with Crippen molar-refractivity contribution in [3.05, 3.63) is 0 Å². The molecule has 19 heteroatoms. The van der Waals surface area contributed by atoms with Gasteiger partial charge in [-0.1, -0.05) is 318 Å². The number of phosphoric acid groups is 2. The molecule has 540 valence electrons.